The smallest absolute Gasteiger partial charge is 0.254 e. The minimum Gasteiger partial charge on any atom is -0.339 e. The Bertz CT molecular complexity index is 733. The van der Waals surface area contributed by atoms with Crippen molar-refractivity contribution in [2.45, 2.75) is 52.5 Å². The zero-order valence-electron chi connectivity index (χ0n) is 16.6. The first-order valence-corrected chi connectivity index (χ1v) is 9.98. The molecule has 0 aliphatic carbocycles. The Labute approximate surface area is 161 Å². The summed E-state index contributed by atoms with van der Waals surface area (Å²) in [5, 5.41) is 7.46. The molecule has 146 valence electrons. The van der Waals surface area contributed by atoms with Gasteiger partial charge in [0.2, 0.25) is 5.89 Å². The lowest BCUT2D eigenvalue weighted by molar-refractivity contribution is 0.0747. The summed E-state index contributed by atoms with van der Waals surface area (Å²) in [6.07, 6.45) is 3.17. The van der Waals surface area contributed by atoms with Crippen molar-refractivity contribution in [3.8, 4) is 0 Å². The minimum atomic E-state index is 0.000953. The van der Waals surface area contributed by atoms with Crippen LogP contribution in [0.1, 0.15) is 67.2 Å². The van der Waals surface area contributed by atoms with Gasteiger partial charge in [0.1, 0.15) is 0 Å². The fraction of sp³-hybridized carbons (Fsp3) is 0.571. The lowest BCUT2D eigenvalue weighted by Gasteiger charge is -2.23. The molecule has 0 bridgehead atoms. The summed E-state index contributed by atoms with van der Waals surface area (Å²) in [6.45, 7) is 9.28. The molecule has 1 N–H and O–H groups in total. The topological polar surface area (TPSA) is 71.3 Å². The third kappa shape index (κ3) is 5.16. The van der Waals surface area contributed by atoms with E-state index in [0.29, 0.717) is 42.2 Å². The third-order valence-electron chi connectivity index (χ3n) is 5.02. The predicted octanol–water partition coefficient (Wildman–Crippen LogP) is 3.40. The maximum Gasteiger partial charge on any atom is 0.254 e. The number of carbonyl (C=O) groups excluding carboxylic acids is 1. The minimum absolute atomic E-state index is 0.000953. The van der Waals surface area contributed by atoms with Crippen LogP contribution in [0.5, 0.6) is 0 Å². The van der Waals surface area contributed by atoms with E-state index in [1.165, 1.54) is 18.4 Å². The number of nitrogens with zero attached hydrogens (tertiary/aromatic N) is 3. The third-order valence-corrected chi connectivity index (χ3v) is 5.02. The predicted molar refractivity (Wildman–Crippen MR) is 105 cm³/mol. The van der Waals surface area contributed by atoms with Gasteiger partial charge in [-0.1, -0.05) is 31.1 Å². The summed E-state index contributed by atoms with van der Waals surface area (Å²) in [5.74, 6) is 2.20. The fourth-order valence-corrected chi connectivity index (χ4v) is 3.50. The van der Waals surface area contributed by atoms with Crippen LogP contribution in [-0.4, -0.2) is 40.6 Å². The van der Waals surface area contributed by atoms with Crippen LogP contribution in [0.2, 0.25) is 0 Å². The van der Waals surface area contributed by atoms with Crippen LogP contribution >= 0.6 is 0 Å². The zero-order valence-corrected chi connectivity index (χ0v) is 16.6. The molecule has 6 heteroatoms. The van der Waals surface area contributed by atoms with E-state index in [1.807, 2.05) is 19.1 Å². The molecule has 1 unspecified atom stereocenters. The highest BCUT2D eigenvalue weighted by Crippen LogP contribution is 2.23. The Morgan fingerprint density at radius 3 is 2.74 bits per heavy atom. The average molecular weight is 370 g/mol. The largest absolute Gasteiger partial charge is 0.339 e. The highest BCUT2D eigenvalue weighted by Gasteiger charge is 2.19. The first kappa shape index (κ1) is 19.5. The number of rotatable bonds is 7. The van der Waals surface area contributed by atoms with E-state index in [2.05, 4.69) is 41.4 Å². The Hall–Kier alpha value is -2.21. The first-order valence-electron chi connectivity index (χ1n) is 9.98. The van der Waals surface area contributed by atoms with Crippen molar-refractivity contribution in [1.29, 1.82) is 0 Å². The molecule has 2 aromatic rings. The van der Waals surface area contributed by atoms with Gasteiger partial charge in [0.05, 0.1) is 6.54 Å². The van der Waals surface area contributed by atoms with Gasteiger partial charge in [-0.3, -0.25) is 4.79 Å². The number of benzene rings is 1. The van der Waals surface area contributed by atoms with Crippen molar-refractivity contribution in [2.75, 3.05) is 19.6 Å². The maximum absolute atomic E-state index is 12.9. The van der Waals surface area contributed by atoms with Gasteiger partial charge in [0.15, 0.2) is 5.82 Å². The summed E-state index contributed by atoms with van der Waals surface area (Å²) >= 11 is 0. The molecule has 1 atom stereocenters. The van der Waals surface area contributed by atoms with Crippen molar-refractivity contribution in [2.24, 2.45) is 5.92 Å². The van der Waals surface area contributed by atoms with E-state index < -0.39 is 0 Å². The average Bonchev–Trinajstić information content (AvgIpc) is 3.12. The normalized spacial score (nSPS) is 17.3. The fourth-order valence-electron chi connectivity index (χ4n) is 3.50. The van der Waals surface area contributed by atoms with Crippen LogP contribution in [-0.2, 0) is 13.0 Å². The lowest BCUT2D eigenvalue weighted by atomic mass is 9.91. The van der Waals surface area contributed by atoms with Gasteiger partial charge in [-0.25, -0.2) is 0 Å². The van der Waals surface area contributed by atoms with Crippen LogP contribution in [0, 0.1) is 5.92 Å². The van der Waals surface area contributed by atoms with Gasteiger partial charge in [0, 0.05) is 25.1 Å². The zero-order chi connectivity index (χ0) is 19.2. The van der Waals surface area contributed by atoms with Gasteiger partial charge in [-0.15, -0.1) is 0 Å². The molecule has 0 saturated carbocycles. The maximum atomic E-state index is 12.9. The summed E-state index contributed by atoms with van der Waals surface area (Å²) < 4.78 is 5.28. The summed E-state index contributed by atoms with van der Waals surface area (Å²) in [6, 6.07) is 8.06. The second-order valence-electron chi connectivity index (χ2n) is 7.69. The molecule has 1 aromatic heterocycles. The number of amides is 1. The molecule has 0 radical (unpaired) electrons. The molecular formula is C21H30N4O2. The molecule has 1 aromatic carbocycles. The van der Waals surface area contributed by atoms with Crippen molar-refractivity contribution < 1.29 is 9.32 Å². The summed E-state index contributed by atoms with van der Waals surface area (Å²) in [4.78, 5) is 19.0. The van der Waals surface area contributed by atoms with Gasteiger partial charge in [-0.2, -0.15) is 4.98 Å². The second kappa shape index (κ2) is 9.13. The van der Waals surface area contributed by atoms with Crippen LogP contribution in [0.3, 0.4) is 0 Å². The number of hydrogen-bond donors (Lipinski definition) is 1. The van der Waals surface area contributed by atoms with Gasteiger partial charge in [0.25, 0.3) is 5.91 Å². The van der Waals surface area contributed by atoms with Crippen molar-refractivity contribution in [3.05, 3.63) is 47.1 Å². The van der Waals surface area contributed by atoms with E-state index in [0.717, 1.165) is 19.5 Å². The van der Waals surface area contributed by atoms with Crippen LogP contribution in [0.15, 0.2) is 28.8 Å². The van der Waals surface area contributed by atoms with Crippen LogP contribution in [0.25, 0.3) is 0 Å². The number of carbonyl (C=O) groups is 1. The lowest BCUT2D eigenvalue weighted by Crippen LogP contribution is -2.31. The monoisotopic (exact) mass is 370 g/mol. The molecule has 1 fully saturated rings. The quantitative estimate of drug-likeness (QED) is 0.809. The molecule has 27 heavy (non-hydrogen) atoms. The molecular weight excluding hydrogens is 340 g/mol. The molecule has 1 amide bonds. The van der Waals surface area contributed by atoms with Gasteiger partial charge in [-0.05, 0) is 55.8 Å². The number of hydrogen-bond acceptors (Lipinski definition) is 5. The van der Waals surface area contributed by atoms with Gasteiger partial charge >= 0.3 is 0 Å². The second-order valence-corrected chi connectivity index (χ2v) is 7.69. The van der Waals surface area contributed by atoms with E-state index in [4.69, 9.17) is 4.52 Å². The van der Waals surface area contributed by atoms with E-state index in [1.54, 1.807) is 4.90 Å². The SMILES string of the molecule is CCN(Cc1noc(CC(C)C)n1)C(=O)c1ccc(C2CCCNC2)cc1. The highest BCUT2D eigenvalue weighted by atomic mass is 16.5. The standard InChI is InChI=1S/C21H30N4O2/c1-4-25(14-19-23-20(27-24-19)12-15(2)3)21(26)17-9-7-16(8-10-17)18-6-5-11-22-13-18/h7-10,15,18,22H,4-6,11-14H2,1-3H3. The van der Waals surface area contributed by atoms with Crippen LogP contribution in [0.4, 0.5) is 0 Å². The Balaban J connectivity index is 1.64. The van der Waals surface area contributed by atoms with Crippen molar-refractivity contribution >= 4 is 5.91 Å². The van der Waals surface area contributed by atoms with Gasteiger partial charge < -0.3 is 14.7 Å². The highest BCUT2D eigenvalue weighted by molar-refractivity contribution is 5.94. The van der Waals surface area contributed by atoms with Crippen molar-refractivity contribution in [3.63, 3.8) is 0 Å². The molecule has 0 spiro atoms. The van der Waals surface area contributed by atoms with E-state index in [9.17, 15) is 4.79 Å². The van der Waals surface area contributed by atoms with Crippen molar-refractivity contribution in [1.82, 2.24) is 20.4 Å². The molecule has 1 saturated heterocycles. The van der Waals surface area contributed by atoms with E-state index >= 15 is 0 Å². The molecule has 2 heterocycles. The molecule has 1 aliphatic rings. The van der Waals surface area contributed by atoms with Crippen LogP contribution < -0.4 is 5.32 Å². The Kier molecular flexibility index (Phi) is 6.61. The molecule has 3 rings (SSSR count). The molecule has 6 nitrogen and oxygen atoms in total. The summed E-state index contributed by atoms with van der Waals surface area (Å²) in [5.41, 5.74) is 2.01. The number of piperidine rings is 1. The first-order chi connectivity index (χ1) is 13.1. The Morgan fingerprint density at radius 2 is 2.11 bits per heavy atom. The Morgan fingerprint density at radius 1 is 1.33 bits per heavy atom. The van der Waals surface area contributed by atoms with E-state index in [-0.39, 0.29) is 5.91 Å². The number of nitrogens with one attached hydrogen (secondary N) is 1. The molecule has 1 aliphatic heterocycles. The summed E-state index contributed by atoms with van der Waals surface area (Å²) in [7, 11) is 0. The number of aromatic nitrogens is 2.